The largest absolute Gasteiger partial charge is 0.328 e. The molecule has 1 atom stereocenters. The van der Waals surface area contributed by atoms with Crippen LogP contribution in [-0.4, -0.2) is 11.0 Å². The van der Waals surface area contributed by atoms with Gasteiger partial charge in [-0.15, -0.1) is 6.58 Å². The highest BCUT2D eigenvalue weighted by molar-refractivity contribution is 5.03. The van der Waals surface area contributed by atoms with Crippen molar-refractivity contribution in [2.75, 3.05) is 0 Å². The van der Waals surface area contributed by atoms with Gasteiger partial charge in [-0.05, 0) is 44.2 Å². The highest BCUT2D eigenvalue weighted by Gasteiger charge is 2.03. The molecule has 0 bridgehead atoms. The summed E-state index contributed by atoms with van der Waals surface area (Å²) in [6.45, 7) is 3.72. The Labute approximate surface area is 105 Å². The van der Waals surface area contributed by atoms with Gasteiger partial charge in [-0.2, -0.15) is 0 Å². The van der Waals surface area contributed by atoms with Crippen LogP contribution in [0, 0.1) is 0 Å². The van der Waals surface area contributed by atoms with Gasteiger partial charge in [0, 0.05) is 17.9 Å². The number of aromatic nitrogens is 1. The standard InChI is InChI=1S/C15H24N2/c1-2-3-4-5-6-9-14(16)11-12-15-10-7-8-13-17-15/h2,7-8,10,13-14H,1,3-6,9,11-12,16H2. The molecule has 0 saturated heterocycles. The lowest BCUT2D eigenvalue weighted by molar-refractivity contribution is 0.522. The van der Waals surface area contributed by atoms with E-state index < -0.39 is 0 Å². The fourth-order valence-corrected chi connectivity index (χ4v) is 1.90. The highest BCUT2D eigenvalue weighted by atomic mass is 14.7. The van der Waals surface area contributed by atoms with Crippen LogP contribution >= 0.6 is 0 Å². The number of allylic oxidation sites excluding steroid dienone is 1. The van der Waals surface area contributed by atoms with Gasteiger partial charge < -0.3 is 5.73 Å². The van der Waals surface area contributed by atoms with Gasteiger partial charge in [0.2, 0.25) is 0 Å². The second-order valence-electron chi connectivity index (χ2n) is 4.55. The van der Waals surface area contributed by atoms with Gasteiger partial charge in [0.05, 0.1) is 0 Å². The van der Waals surface area contributed by atoms with E-state index in [0.29, 0.717) is 6.04 Å². The molecule has 0 aromatic carbocycles. The molecular formula is C15H24N2. The predicted molar refractivity (Wildman–Crippen MR) is 73.8 cm³/mol. The quantitative estimate of drug-likeness (QED) is 0.523. The van der Waals surface area contributed by atoms with E-state index in [0.717, 1.165) is 31.4 Å². The molecule has 1 unspecified atom stereocenters. The van der Waals surface area contributed by atoms with E-state index in [1.807, 2.05) is 24.4 Å². The van der Waals surface area contributed by atoms with Gasteiger partial charge in [-0.1, -0.05) is 25.0 Å². The Morgan fingerprint density at radius 3 is 2.82 bits per heavy atom. The van der Waals surface area contributed by atoms with Gasteiger partial charge in [-0.3, -0.25) is 4.98 Å². The van der Waals surface area contributed by atoms with Crippen molar-refractivity contribution >= 4 is 0 Å². The first-order chi connectivity index (χ1) is 8.33. The Balaban J connectivity index is 2.05. The summed E-state index contributed by atoms with van der Waals surface area (Å²) in [6, 6.07) is 6.36. The molecule has 1 aromatic heterocycles. The van der Waals surface area contributed by atoms with Crippen LogP contribution in [0.2, 0.25) is 0 Å². The van der Waals surface area contributed by atoms with Crippen molar-refractivity contribution in [1.29, 1.82) is 0 Å². The third kappa shape index (κ3) is 6.90. The number of unbranched alkanes of at least 4 members (excludes halogenated alkanes) is 3. The first kappa shape index (κ1) is 13.9. The maximum absolute atomic E-state index is 6.09. The first-order valence-corrected chi connectivity index (χ1v) is 6.59. The van der Waals surface area contributed by atoms with Gasteiger partial charge >= 0.3 is 0 Å². The number of rotatable bonds is 9. The number of hydrogen-bond acceptors (Lipinski definition) is 2. The van der Waals surface area contributed by atoms with E-state index in [-0.39, 0.29) is 0 Å². The summed E-state index contributed by atoms with van der Waals surface area (Å²) in [5.74, 6) is 0. The fourth-order valence-electron chi connectivity index (χ4n) is 1.90. The number of nitrogens with zero attached hydrogens (tertiary/aromatic N) is 1. The molecule has 1 aromatic rings. The molecule has 0 spiro atoms. The van der Waals surface area contributed by atoms with Crippen molar-refractivity contribution in [3.8, 4) is 0 Å². The molecule has 2 nitrogen and oxygen atoms in total. The monoisotopic (exact) mass is 232 g/mol. The average molecular weight is 232 g/mol. The third-order valence-corrected chi connectivity index (χ3v) is 2.98. The van der Waals surface area contributed by atoms with Crippen LogP contribution in [0.25, 0.3) is 0 Å². The Morgan fingerprint density at radius 1 is 1.24 bits per heavy atom. The minimum absolute atomic E-state index is 0.320. The van der Waals surface area contributed by atoms with E-state index in [2.05, 4.69) is 17.6 Å². The fraction of sp³-hybridized carbons (Fsp3) is 0.533. The van der Waals surface area contributed by atoms with Crippen LogP contribution in [-0.2, 0) is 6.42 Å². The minimum Gasteiger partial charge on any atom is -0.328 e. The maximum atomic E-state index is 6.09. The van der Waals surface area contributed by atoms with E-state index in [1.54, 1.807) is 0 Å². The van der Waals surface area contributed by atoms with Crippen LogP contribution in [0.1, 0.15) is 44.2 Å². The highest BCUT2D eigenvalue weighted by Crippen LogP contribution is 2.09. The SMILES string of the molecule is C=CCCCCCC(N)CCc1ccccn1. The van der Waals surface area contributed by atoms with Crippen LogP contribution in [0.3, 0.4) is 0 Å². The van der Waals surface area contributed by atoms with Gasteiger partial charge in [0.1, 0.15) is 0 Å². The van der Waals surface area contributed by atoms with Crippen molar-refractivity contribution in [3.63, 3.8) is 0 Å². The average Bonchev–Trinajstić information content (AvgIpc) is 2.37. The second kappa shape index (κ2) is 8.94. The van der Waals surface area contributed by atoms with Crippen molar-refractivity contribution < 1.29 is 0 Å². The Kier molecular flexibility index (Phi) is 7.32. The summed E-state index contributed by atoms with van der Waals surface area (Å²) in [6.07, 6.45) is 11.9. The van der Waals surface area contributed by atoms with Crippen LogP contribution < -0.4 is 5.73 Å². The third-order valence-electron chi connectivity index (χ3n) is 2.98. The molecule has 0 amide bonds. The topological polar surface area (TPSA) is 38.9 Å². The molecule has 0 aliphatic heterocycles. The number of nitrogens with two attached hydrogens (primary N) is 1. The zero-order valence-corrected chi connectivity index (χ0v) is 10.6. The van der Waals surface area contributed by atoms with Crippen molar-refractivity contribution in [2.45, 2.75) is 51.0 Å². The summed E-state index contributed by atoms with van der Waals surface area (Å²) >= 11 is 0. The lowest BCUT2D eigenvalue weighted by Crippen LogP contribution is -2.20. The van der Waals surface area contributed by atoms with Crippen LogP contribution in [0.5, 0.6) is 0 Å². The zero-order chi connectivity index (χ0) is 12.3. The lowest BCUT2D eigenvalue weighted by atomic mass is 10.0. The Hall–Kier alpha value is -1.15. The first-order valence-electron chi connectivity index (χ1n) is 6.59. The maximum Gasteiger partial charge on any atom is 0.0404 e. The summed E-state index contributed by atoms with van der Waals surface area (Å²) in [5, 5.41) is 0. The molecule has 0 saturated carbocycles. The number of aryl methyl sites for hydroxylation is 1. The molecule has 0 aliphatic carbocycles. The normalized spacial score (nSPS) is 12.3. The number of hydrogen-bond donors (Lipinski definition) is 1. The minimum atomic E-state index is 0.320. The van der Waals surface area contributed by atoms with E-state index in [9.17, 15) is 0 Å². The van der Waals surface area contributed by atoms with Crippen LogP contribution in [0.15, 0.2) is 37.1 Å². The summed E-state index contributed by atoms with van der Waals surface area (Å²) < 4.78 is 0. The molecule has 2 N–H and O–H groups in total. The van der Waals surface area contributed by atoms with Gasteiger partial charge in [0.25, 0.3) is 0 Å². The van der Waals surface area contributed by atoms with E-state index >= 15 is 0 Å². The molecule has 1 rings (SSSR count). The van der Waals surface area contributed by atoms with Crippen molar-refractivity contribution in [2.24, 2.45) is 5.73 Å². The van der Waals surface area contributed by atoms with Crippen molar-refractivity contribution in [3.05, 3.63) is 42.7 Å². The molecule has 2 heteroatoms. The molecule has 0 fully saturated rings. The smallest absolute Gasteiger partial charge is 0.0404 e. The Morgan fingerprint density at radius 2 is 2.12 bits per heavy atom. The van der Waals surface area contributed by atoms with E-state index in [1.165, 1.54) is 19.3 Å². The zero-order valence-electron chi connectivity index (χ0n) is 10.6. The molecule has 94 valence electrons. The summed E-state index contributed by atoms with van der Waals surface area (Å²) in [5.41, 5.74) is 7.24. The summed E-state index contributed by atoms with van der Waals surface area (Å²) in [4.78, 5) is 4.30. The van der Waals surface area contributed by atoms with Crippen LogP contribution in [0.4, 0.5) is 0 Å². The van der Waals surface area contributed by atoms with E-state index in [4.69, 9.17) is 5.73 Å². The molecular weight excluding hydrogens is 208 g/mol. The van der Waals surface area contributed by atoms with Crippen molar-refractivity contribution in [1.82, 2.24) is 4.98 Å². The molecule has 0 radical (unpaired) electrons. The Bertz CT molecular complexity index is 295. The van der Waals surface area contributed by atoms with Gasteiger partial charge in [-0.25, -0.2) is 0 Å². The second-order valence-corrected chi connectivity index (χ2v) is 4.55. The molecule has 0 aliphatic rings. The molecule has 17 heavy (non-hydrogen) atoms. The number of pyridine rings is 1. The predicted octanol–water partition coefficient (Wildman–Crippen LogP) is 3.48. The lowest BCUT2D eigenvalue weighted by Gasteiger charge is -2.10. The van der Waals surface area contributed by atoms with Gasteiger partial charge in [0.15, 0.2) is 0 Å². The summed E-state index contributed by atoms with van der Waals surface area (Å²) in [7, 11) is 0. The molecule has 1 heterocycles.